The number of benzene rings is 1. The van der Waals surface area contributed by atoms with E-state index in [2.05, 4.69) is 44.2 Å². The van der Waals surface area contributed by atoms with Gasteiger partial charge in [0.15, 0.2) is 0 Å². The molecule has 1 aromatic carbocycles. The fraction of sp³-hybridized carbons (Fsp3) is 0.450. The van der Waals surface area contributed by atoms with Gasteiger partial charge >= 0.3 is 0 Å². The Labute approximate surface area is 142 Å². The molecule has 1 saturated heterocycles. The molecular weight excluding hydrogens is 296 g/mol. The Kier molecular flexibility index (Phi) is 3.44. The number of imidazole rings is 1. The molecule has 4 nitrogen and oxygen atoms in total. The van der Waals surface area contributed by atoms with Gasteiger partial charge in [0.05, 0.1) is 0 Å². The first-order valence-corrected chi connectivity index (χ1v) is 9.20. The van der Waals surface area contributed by atoms with E-state index in [-0.39, 0.29) is 0 Å². The number of hydrogen-bond acceptors (Lipinski definition) is 2. The summed E-state index contributed by atoms with van der Waals surface area (Å²) >= 11 is 0. The molecule has 3 aromatic rings. The lowest BCUT2D eigenvalue weighted by Crippen LogP contribution is -2.32. The molecule has 1 aliphatic carbocycles. The number of H-pyrrole nitrogens is 2. The molecule has 0 unspecified atom stereocenters. The Balaban J connectivity index is 1.42. The van der Waals surface area contributed by atoms with Gasteiger partial charge in [0, 0.05) is 47.6 Å². The lowest BCUT2D eigenvalue weighted by molar-refractivity contribution is 0.243. The molecule has 0 spiro atoms. The SMILES string of the molecule is c1c[nH]c(-c2ccc3[nH]cc(C[C@H]4CCCN4CC4CC4)c3c2)n1. The summed E-state index contributed by atoms with van der Waals surface area (Å²) in [6.45, 7) is 2.62. The van der Waals surface area contributed by atoms with Crippen LogP contribution in [-0.4, -0.2) is 39.0 Å². The predicted molar refractivity (Wildman–Crippen MR) is 96.9 cm³/mol. The van der Waals surface area contributed by atoms with Gasteiger partial charge in [-0.3, -0.25) is 4.90 Å². The minimum atomic E-state index is 0.719. The number of likely N-dealkylation sites (tertiary alicyclic amines) is 1. The van der Waals surface area contributed by atoms with Gasteiger partial charge in [0.1, 0.15) is 5.82 Å². The minimum absolute atomic E-state index is 0.719. The molecule has 1 atom stereocenters. The van der Waals surface area contributed by atoms with E-state index in [1.807, 2.05) is 12.4 Å². The molecule has 0 radical (unpaired) electrons. The standard InChI is InChI=1S/C20H24N4/c1-2-17(24(9-1)13-14-3-4-14)10-16-12-23-19-6-5-15(11-18(16)19)20-21-7-8-22-20/h5-8,11-12,14,17,23H,1-4,9-10,13H2,(H,21,22)/t17-/m1/s1. The summed E-state index contributed by atoms with van der Waals surface area (Å²) in [5, 5.41) is 1.35. The predicted octanol–water partition coefficient (Wildman–Crippen LogP) is 3.97. The fourth-order valence-electron chi connectivity index (χ4n) is 4.17. The Hall–Kier alpha value is -2.07. The largest absolute Gasteiger partial charge is 0.361 e. The second-order valence-electron chi connectivity index (χ2n) is 7.45. The average molecular weight is 320 g/mol. The molecule has 1 saturated carbocycles. The van der Waals surface area contributed by atoms with Crippen LogP contribution in [0, 0.1) is 5.92 Å². The normalized spacial score (nSPS) is 21.8. The van der Waals surface area contributed by atoms with Crippen molar-refractivity contribution in [1.82, 2.24) is 19.9 Å². The third kappa shape index (κ3) is 2.65. The second kappa shape index (κ2) is 5.78. The maximum Gasteiger partial charge on any atom is 0.137 e. The van der Waals surface area contributed by atoms with Gasteiger partial charge in [0.25, 0.3) is 0 Å². The molecule has 2 N–H and O–H groups in total. The highest BCUT2D eigenvalue weighted by molar-refractivity contribution is 5.87. The molecule has 124 valence electrons. The van der Waals surface area contributed by atoms with Crippen molar-refractivity contribution in [2.45, 2.75) is 38.1 Å². The molecule has 24 heavy (non-hydrogen) atoms. The van der Waals surface area contributed by atoms with Crippen molar-refractivity contribution < 1.29 is 0 Å². The molecule has 4 heteroatoms. The smallest absolute Gasteiger partial charge is 0.137 e. The summed E-state index contributed by atoms with van der Waals surface area (Å²) < 4.78 is 0. The monoisotopic (exact) mass is 320 g/mol. The van der Waals surface area contributed by atoms with E-state index < -0.39 is 0 Å². The van der Waals surface area contributed by atoms with Crippen LogP contribution in [0.4, 0.5) is 0 Å². The van der Waals surface area contributed by atoms with Crippen molar-refractivity contribution in [2.24, 2.45) is 5.92 Å². The maximum absolute atomic E-state index is 4.39. The van der Waals surface area contributed by atoms with Crippen molar-refractivity contribution in [3.63, 3.8) is 0 Å². The maximum atomic E-state index is 4.39. The number of aromatic amines is 2. The van der Waals surface area contributed by atoms with E-state index in [4.69, 9.17) is 0 Å². The molecule has 0 bridgehead atoms. The molecule has 1 aliphatic heterocycles. The van der Waals surface area contributed by atoms with Crippen molar-refractivity contribution >= 4 is 10.9 Å². The molecule has 2 aromatic heterocycles. The summed E-state index contributed by atoms with van der Waals surface area (Å²) in [6, 6.07) is 7.31. The van der Waals surface area contributed by atoms with Crippen LogP contribution in [0.3, 0.4) is 0 Å². The number of fused-ring (bicyclic) bond motifs is 1. The quantitative estimate of drug-likeness (QED) is 0.747. The van der Waals surface area contributed by atoms with E-state index in [0.717, 1.165) is 29.8 Å². The zero-order valence-corrected chi connectivity index (χ0v) is 14.0. The van der Waals surface area contributed by atoms with E-state index in [1.54, 1.807) is 0 Å². The van der Waals surface area contributed by atoms with Gasteiger partial charge in [-0.1, -0.05) is 0 Å². The van der Waals surface area contributed by atoms with Crippen molar-refractivity contribution in [2.75, 3.05) is 13.1 Å². The Morgan fingerprint density at radius 1 is 1.17 bits per heavy atom. The highest BCUT2D eigenvalue weighted by Gasteiger charge is 2.31. The number of nitrogens with zero attached hydrogens (tertiary/aromatic N) is 2. The van der Waals surface area contributed by atoms with Gasteiger partial charge in [-0.2, -0.15) is 0 Å². The zero-order chi connectivity index (χ0) is 15.9. The van der Waals surface area contributed by atoms with Crippen molar-refractivity contribution in [3.05, 3.63) is 42.4 Å². The van der Waals surface area contributed by atoms with E-state index >= 15 is 0 Å². The molecule has 2 fully saturated rings. The van der Waals surface area contributed by atoms with Crippen molar-refractivity contribution in [1.29, 1.82) is 0 Å². The Morgan fingerprint density at radius 3 is 2.96 bits per heavy atom. The van der Waals surface area contributed by atoms with Crippen LogP contribution in [0.2, 0.25) is 0 Å². The summed E-state index contributed by atoms with van der Waals surface area (Å²) in [5.41, 5.74) is 3.84. The summed E-state index contributed by atoms with van der Waals surface area (Å²) in [4.78, 5) is 13.8. The first kappa shape index (κ1) is 14.3. The van der Waals surface area contributed by atoms with Crippen LogP contribution in [-0.2, 0) is 6.42 Å². The number of rotatable bonds is 5. The van der Waals surface area contributed by atoms with Crippen LogP contribution >= 0.6 is 0 Å². The third-order valence-corrected chi connectivity index (χ3v) is 5.68. The van der Waals surface area contributed by atoms with E-state index in [9.17, 15) is 0 Å². The summed E-state index contributed by atoms with van der Waals surface area (Å²) in [7, 11) is 0. The van der Waals surface area contributed by atoms with Crippen LogP contribution in [0.25, 0.3) is 22.3 Å². The second-order valence-corrected chi connectivity index (χ2v) is 7.45. The van der Waals surface area contributed by atoms with Gasteiger partial charge in [-0.15, -0.1) is 0 Å². The van der Waals surface area contributed by atoms with Crippen molar-refractivity contribution in [3.8, 4) is 11.4 Å². The topological polar surface area (TPSA) is 47.7 Å². The van der Waals surface area contributed by atoms with Gasteiger partial charge in [-0.25, -0.2) is 4.98 Å². The average Bonchev–Trinajstić information content (AvgIpc) is 3.02. The van der Waals surface area contributed by atoms with Gasteiger partial charge in [-0.05, 0) is 68.3 Å². The lowest BCUT2D eigenvalue weighted by Gasteiger charge is -2.24. The van der Waals surface area contributed by atoms with E-state index in [1.165, 1.54) is 55.2 Å². The molecule has 2 aliphatic rings. The van der Waals surface area contributed by atoms with Crippen LogP contribution in [0.1, 0.15) is 31.2 Å². The number of hydrogen-bond donors (Lipinski definition) is 2. The molecule has 0 amide bonds. The molecule has 3 heterocycles. The minimum Gasteiger partial charge on any atom is -0.361 e. The number of nitrogens with one attached hydrogen (secondary N) is 2. The fourth-order valence-corrected chi connectivity index (χ4v) is 4.17. The zero-order valence-electron chi connectivity index (χ0n) is 14.0. The summed E-state index contributed by atoms with van der Waals surface area (Å²) in [5.74, 6) is 1.93. The first-order chi connectivity index (χ1) is 11.9. The first-order valence-electron chi connectivity index (χ1n) is 9.20. The highest BCUT2D eigenvalue weighted by Crippen LogP contribution is 2.34. The highest BCUT2D eigenvalue weighted by atomic mass is 15.2. The summed E-state index contributed by atoms with van der Waals surface area (Å²) in [6.07, 6.45) is 12.7. The molecule has 5 rings (SSSR count). The third-order valence-electron chi connectivity index (χ3n) is 5.68. The van der Waals surface area contributed by atoms with Gasteiger partial charge in [0.2, 0.25) is 0 Å². The van der Waals surface area contributed by atoms with Crippen LogP contribution in [0.5, 0.6) is 0 Å². The van der Waals surface area contributed by atoms with Crippen LogP contribution in [0.15, 0.2) is 36.8 Å². The number of aromatic nitrogens is 3. The van der Waals surface area contributed by atoms with E-state index in [0.29, 0.717) is 0 Å². The molecular formula is C20H24N4. The van der Waals surface area contributed by atoms with Gasteiger partial charge < -0.3 is 9.97 Å². The van der Waals surface area contributed by atoms with Crippen LogP contribution < -0.4 is 0 Å². The Bertz CT molecular complexity index is 829. The lowest BCUT2D eigenvalue weighted by atomic mass is 10.0. The Morgan fingerprint density at radius 2 is 2.12 bits per heavy atom.